The second-order valence-electron chi connectivity index (χ2n) is 3.04. The second kappa shape index (κ2) is 4.32. The lowest BCUT2D eigenvalue weighted by Gasteiger charge is -2.03. The van der Waals surface area contributed by atoms with Crippen molar-refractivity contribution in [2.45, 2.75) is 25.3 Å². The molecule has 1 unspecified atom stereocenters. The van der Waals surface area contributed by atoms with Gasteiger partial charge in [0.25, 0.3) is 0 Å². The van der Waals surface area contributed by atoms with Crippen LogP contribution in [0.3, 0.4) is 0 Å². The molecule has 0 aromatic carbocycles. The molecule has 1 aliphatic carbocycles. The van der Waals surface area contributed by atoms with Gasteiger partial charge in [-0.1, -0.05) is 0 Å². The van der Waals surface area contributed by atoms with Gasteiger partial charge in [0.15, 0.2) is 0 Å². The Bertz CT molecular complexity index is 149. The van der Waals surface area contributed by atoms with Crippen molar-refractivity contribution in [3.05, 3.63) is 0 Å². The molecule has 0 amide bonds. The van der Waals surface area contributed by atoms with Gasteiger partial charge in [0.2, 0.25) is 0 Å². The largest absolute Gasteiger partial charge is 0.381 e. The Balaban J connectivity index is 1.83. The van der Waals surface area contributed by atoms with Crippen LogP contribution in [-0.2, 0) is 4.74 Å². The van der Waals surface area contributed by atoms with Crippen LogP contribution in [0.2, 0.25) is 0 Å². The van der Waals surface area contributed by atoms with Gasteiger partial charge in [-0.15, -0.1) is 0 Å². The summed E-state index contributed by atoms with van der Waals surface area (Å²) in [5.41, 5.74) is 5.36. The van der Waals surface area contributed by atoms with Crippen LogP contribution in [0.5, 0.6) is 0 Å². The van der Waals surface area contributed by atoms with Crippen LogP contribution in [0.4, 0.5) is 0 Å². The number of hydrogen-bond donors (Lipinski definition) is 1. The zero-order chi connectivity index (χ0) is 8.10. The first-order valence-electron chi connectivity index (χ1n) is 4.06. The molecule has 0 heterocycles. The Labute approximate surface area is 67.1 Å². The summed E-state index contributed by atoms with van der Waals surface area (Å²) in [4.78, 5) is 0. The number of nitrogens with zero attached hydrogens (tertiary/aromatic N) is 1. The summed E-state index contributed by atoms with van der Waals surface area (Å²) in [5.74, 6) is 0.799. The molecule has 0 aromatic heterocycles. The van der Waals surface area contributed by atoms with Crippen molar-refractivity contribution < 1.29 is 4.74 Å². The van der Waals surface area contributed by atoms with Crippen molar-refractivity contribution in [2.75, 3.05) is 13.2 Å². The highest BCUT2D eigenvalue weighted by molar-refractivity contribution is 4.85. The fourth-order valence-corrected chi connectivity index (χ4v) is 0.809. The predicted octanol–water partition coefficient (Wildman–Crippen LogP) is 0.654. The van der Waals surface area contributed by atoms with Gasteiger partial charge in [-0.25, -0.2) is 0 Å². The van der Waals surface area contributed by atoms with Gasteiger partial charge >= 0.3 is 0 Å². The molecule has 1 atom stereocenters. The highest BCUT2D eigenvalue weighted by atomic mass is 16.5. The first kappa shape index (κ1) is 8.51. The molecule has 0 saturated heterocycles. The van der Waals surface area contributed by atoms with Crippen LogP contribution >= 0.6 is 0 Å². The third-order valence-corrected chi connectivity index (χ3v) is 1.79. The quantitative estimate of drug-likeness (QED) is 0.591. The maximum atomic E-state index is 8.33. The van der Waals surface area contributed by atoms with Crippen molar-refractivity contribution in [1.82, 2.24) is 0 Å². The van der Waals surface area contributed by atoms with Gasteiger partial charge in [-0.2, -0.15) is 5.26 Å². The molecule has 0 aromatic rings. The van der Waals surface area contributed by atoms with E-state index in [1.54, 1.807) is 0 Å². The van der Waals surface area contributed by atoms with Crippen LogP contribution < -0.4 is 5.73 Å². The van der Waals surface area contributed by atoms with Gasteiger partial charge in [0.05, 0.1) is 12.1 Å². The molecular formula is C8H14N2O. The molecule has 1 fully saturated rings. The topological polar surface area (TPSA) is 59.0 Å². The zero-order valence-corrected chi connectivity index (χ0v) is 6.62. The van der Waals surface area contributed by atoms with Crippen LogP contribution in [0.25, 0.3) is 0 Å². The predicted molar refractivity (Wildman–Crippen MR) is 41.7 cm³/mol. The van der Waals surface area contributed by atoms with E-state index in [1.807, 2.05) is 6.07 Å². The monoisotopic (exact) mass is 154 g/mol. The van der Waals surface area contributed by atoms with E-state index in [0.29, 0.717) is 13.0 Å². The molecule has 1 rings (SSSR count). The fraction of sp³-hybridized carbons (Fsp3) is 0.875. The van der Waals surface area contributed by atoms with Gasteiger partial charge < -0.3 is 10.5 Å². The van der Waals surface area contributed by atoms with Gasteiger partial charge in [0, 0.05) is 13.2 Å². The SMILES string of the molecule is N#CC(N)CCOCC1CC1. The summed E-state index contributed by atoms with van der Waals surface area (Å²) in [6.07, 6.45) is 3.28. The van der Waals surface area contributed by atoms with Gasteiger partial charge in [-0.05, 0) is 25.2 Å². The van der Waals surface area contributed by atoms with E-state index in [2.05, 4.69) is 0 Å². The Morgan fingerprint density at radius 3 is 2.91 bits per heavy atom. The average molecular weight is 154 g/mol. The molecular weight excluding hydrogens is 140 g/mol. The molecule has 11 heavy (non-hydrogen) atoms. The minimum Gasteiger partial charge on any atom is -0.381 e. The first-order chi connectivity index (χ1) is 5.33. The molecule has 1 aliphatic rings. The molecule has 62 valence electrons. The second-order valence-corrected chi connectivity index (χ2v) is 3.04. The highest BCUT2D eigenvalue weighted by Crippen LogP contribution is 2.28. The van der Waals surface area contributed by atoms with E-state index >= 15 is 0 Å². The number of nitrogens with two attached hydrogens (primary N) is 1. The maximum absolute atomic E-state index is 8.33. The Kier molecular flexibility index (Phi) is 3.34. The van der Waals surface area contributed by atoms with Crippen molar-refractivity contribution in [2.24, 2.45) is 11.7 Å². The summed E-state index contributed by atoms with van der Waals surface area (Å²) in [6, 6.07) is 1.61. The number of rotatable bonds is 5. The molecule has 0 bridgehead atoms. The van der Waals surface area contributed by atoms with E-state index in [-0.39, 0.29) is 6.04 Å². The number of nitriles is 1. The Morgan fingerprint density at radius 1 is 1.64 bits per heavy atom. The average Bonchev–Trinajstić information content (AvgIpc) is 2.81. The third-order valence-electron chi connectivity index (χ3n) is 1.79. The van der Waals surface area contributed by atoms with E-state index in [9.17, 15) is 0 Å². The molecule has 3 nitrogen and oxygen atoms in total. The van der Waals surface area contributed by atoms with Crippen molar-refractivity contribution >= 4 is 0 Å². The van der Waals surface area contributed by atoms with Crippen molar-refractivity contribution in [1.29, 1.82) is 5.26 Å². The number of ether oxygens (including phenoxy) is 1. The molecule has 0 spiro atoms. The van der Waals surface area contributed by atoms with Crippen LogP contribution in [0.15, 0.2) is 0 Å². The fourth-order valence-electron chi connectivity index (χ4n) is 0.809. The minimum absolute atomic E-state index is 0.353. The summed E-state index contributed by atoms with van der Waals surface area (Å²) in [7, 11) is 0. The Morgan fingerprint density at radius 2 is 2.36 bits per heavy atom. The maximum Gasteiger partial charge on any atom is 0.0950 e. The Hall–Kier alpha value is -0.590. The first-order valence-corrected chi connectivity index (χ1v) is 4.06. The lowest BCUT2D eigenvalue weighted by atomic mass is 10.2. The summed E-state index contributed by atoms with van der Waals surface area (Å²) in [5, 5.41) is 8.33. The number of hydrogen-bond acceptors (Lipinski definition) is 3. The smallest absolute Gasteiger partial charge is 0.0950 e. The summed E-state index contributed by atoms with van der Waals surface area (Å²) >= 11 is 0. The van der Waals surface area contributed by atoms with E-state index < -0.39 is 0 Å². The molecule has 0 aliphatic heterocycles. The van der Waals surface area contributed by atoms with Crippen LogP contribution in [0, 0.1) is 17.2 Å². The summed E-state index contributed by atoms with van der Waals surface area (Å²) < 4.78 is 5.30. The van der Waals surface area contributed by atoms with Crippen LogP contribution in [-0.4, -0.2) is 19.3 Å². The van der Waals surface area contributed by atoms with Gasteiger partial charge in [-0.3, -0.25) is 0 Å². The van der Waals surface area contributed by atoms with E-state index in [1.165, 1.54) is 12.8 Å². The molecule has 2 N–H and O–H groups in total. The zero-order valence-electron chi connectivity index (χ0n) is 6.62. The van der Waals surface area contributed by atoms with Gasteiger partial charge in [0.1, 0.15) is 0 Å². The van der Waals surface area contributed by atoms with E-state index in [4.69, 9.17) is 15.7 Å². The molecule has 1 saturated carbocycles. The molecule has 0 radical (unpaired) electrons. The van der Waals surface area contributed by atoms with E-state index in [0.717, 1.165) is 12.5 Å². The normalized spacial score (nSPS) is 19.3. The standard InChI is InChI=1S/C8H14N2O/c9-5-8(10)3-4-11-6-7-1-2-7/h7-8H,1-4,6,10H2. The van der Waals surface area contributed by atoms with Crippen molar-refractivity contribution in [3.8, 4) is 6.07 Å². The summed E-state index contributed by atoms with van der Waals surface area (Å²) in [6.45, 7) is 1.49. The lowest BCUT2D eigenvalue weighted by Crippen LogP contribution is -2.19. The minimum atomic E-state index is -0.353. The van der Waals surface area contributed by atoms with Crippen molar-refractivity contribution in [3.63, 3.8) is 0 Å². The molecule has 3 heteroatoms. The third kappa shape index (κ3) is 3.97. The van der Waals surface area contributed by atoms with Crippen LogP contribution in [0.1, 0.15) is 19.3 Å². The highest BCUT2D eigenvalue weighted by Gasteiger charge is 2.20. The lowest BCUT2D eigenvalue weighted by molar-refractivity contribution is 0.120.